The summed E-state index contributed by atoms with van der Waals surface area (Å²) in [6.45, 7) is 8.32. The van der Waals surface area contributed by atoms with Crippen molar-refractivity contribution < 1.29 is 33.8 Å². The van der Waals surface area contributed by atoms with Gasteiger partial charge in [-0.2, -0.15) is 0 Å². The normalized spacial score (nSPS) is 24.2. The van der Waals surface area contributed by atoms with Crippen LogP contribution in [0.1, 0.15) is 68.2 Å². The predicted molar refractivity (Wildman–Crippen MR) is 230 cm³/mol. The monoisotopic (exact) mass is 835 g/mol. The molecule has 4 aromatic rings. The Morgan fingerprint density at radius 1 is 0.983 bits per heavy atom. The van der Waals surface area contributed by atoms with E-state index in [1.807, 2.05) is 97.8 Å². The van der Waals surface area contributed by atoms with Gasteiger partial charge in [0.2, 0.25) is 0 Å². The molecule has 5 heterocycles. The van der Waals surface area contributed by atoms with Gasteiger partial charge < -0.3 is 34.5 Å². The molecule has 318 valence electrons. The van der Waals surface area contributed by atoms with E-state index in [1.165, 1.54) is 7.11 Å². The van der Waals surface area contributed by atoms with E-state index in [1.54, 1.807) is 9.58 Å². The Bertz CT molecular complexity index is 2180. The highest BCUT2D eigenvalue weighted by Gasteiger charge is 2.66. The van der Waals surface area contributed by atoms with Crippen LogP contribution < -0.4 is 20.0 Å². The number of aliphatic hydroxyl groups excluding tert-OH is 1. The molecule has 60 heavy (non-hydrogen) atoms. The van der Waals surface area contributed by atoms with E-state index in [0.29, 0.717) is 74.5 Å². The summed E-state index contributed by atoms with van der Waals surface area (Å²) in [5.74, 6) is -1.19. The minimum atomic E-state index is -2.99. The molecular formula is C45H57N7O7Si. The second kappa shape index (κ2) is 16.8. The van der Waals surface area contributed by atoms with E-state index >= 15 is 4.79 Å². The number of methoxy groups -OCH3 is 1. The number of amides is 2. The fourth-order valence-electron chi connectivity index (χ4n) is 10.4. The average Bonchev–Trinajstić information content (AvgIpc) is 3.98. The van der Waals surface area contributed by atoms with E-state index < -0.39 is 31.5 Å². The van der Waals surface area contributed by atoms with Crippen molar-refractivity contribution in [1.29, 1.82) is 0 Å². The van der Waals surface area contributed by atoms with Gasteiger partial charge in [0, 0.05) is 54.1 Å². The zero-order valence-corrected chi connectivity index (χ0v) is 36.0. The van der Waals surface area contributed by atoms with Crippen LogP contribution in [0.3, 0.4) is 0 Å². The van der Waals surface area contributed by atoms with Crippen molar-refractivity contribution in [3.8, 4) is 0 Å². The molecule has 15 heteroatoms. The van der Waals surface area contributed by atoms with Crippen molar-refractivity contribution >= 4 is 43.2 Å². The highest BCUT2D eigenvalue weighted by atomic mass is 28.4. The van der Waals surface area contributed by atoms with Gasteiger partial charge in [-0.25, -0.2) is 0 Å². The maximum atomic E-state index is 15.2. The largest absolute Gasteiger partial charge is 0.469 e. The zero-order valence-electron chi connectivity index (χ0n) is 35.0. The Kier molecular flexibility index (Phi) is 11.7. The molecule has 3 N–H and O–H groups in total. The molecule has 1 unspecified atom stereocenters. The summed E-state index contributed by atoms with van der Waals surface area (Å²) < 4.78 is 13.8. The van der Waals surface area contributed by atoms with Crippen LogP contribution in [0.4, 0.5) is 17.1 Å². The van der Waals surface area contributed by atoms with E-state index in [2.05, 4.69) is 32.7 Å². The molecule has 0 bridgehead atoms. The average molecular weight is 836 g/mol. The molecule has 14 nitrogen and oxygen atoms in total. The lowest BCUT2D eigenvalue weighted by atomic mass is 9.82. The standard InChI is InChI=1S/C45H57N7O7Si/c1-31-41(60(3,4)57)39(20-26-49-28-37(47-48-49)35(29-53)32-13-7-5-8-14-32)59-45(31)36-27-34(18-19-38(36)50(43(45)56)25-12-11-17-40(54)58-2)51-30-52(33-15-9-6-10-16-33)44(42(51)55)21-23-46-24-22-44/h5-10,13-16,18-19,27-28,31,35,39,41,46,53,57H,11-12,17,20-26,29-30H2,1-4H3/t31-,35?,39+,41-,45+/m1/s1. The van der Waals surface area contributed by atoms with Gasteiger partial charge in [0.25, 0.3) is 11.8 Å². The molecule has 5 atom stereocenters. The van der Waals surface area contributed by atoms with Crippen molar-refractivity contribution in [2.75, 3.05) is 54.7 Å². The number of nitrogens with one attached hydrogen (secondary N) is 1. The molecule has 3 saturated heterocycles. The number of hydrogen-bond acceptors (Lipinski definition) is 11. The number of para-hydroxylation sites is 1. The Morgan fingerprint density at radius 2 is 1.70 bits per heavy atom. The van der Waals surface area contributed by atoms with Crippen LogP contribution in [0.5, 0.6) is 0 Å². The number of carbonyl (C=O) groups excluding carboxylic acids is 3. The SMILES string of the molecule is COC(=O)CCCCN1C(=O)[C@@]2(O[C@@H](CCn3cc(C(CO)c4ccccc4)nn3)[C@H]([Si](C)(C)O)[C@H]2C)c2cc(N3CN(c4ccccc4)C4(CCNCC4)C3=O)ccc21. The van der Waals surface area contributed by atoms with Gasteiger partial charge in [0.15, 0.2) is 13.9 Å². The van der Waals surface area contributed by atoms with E-state index in [0.717, 1.165) is 24.3 Å². The number of unbranched alkanes of at least 4 members (excludes halogenated alkanes) is 1. The van der Waals surface area contributed by atoms with Crippen molar-refractivity contribution in [3.63, 3.8) is 0 Å². The Balaban J connectivity index is 1.13. The summed E-state index contributed by atoms with van der Waals surface area (Å²) in [6, 6.07) is 25.6. The van der Waals surface area contributed by atoms with Crippen LogP contribution in [-0.4, -0.2) is 103 Å². The van der Waals surface area contributed by atoms with Gasteiger partial charge in [-0.3, -0.25) is 24.0 Å². The third-order valence-electron chi connectivity index (χ3n) is 13.4. The highest BCUT2D eigenvalue weighted by molar-refractivity contribution is 6.71. The maximum Gasteiger partial charge on any atom is 0.305 e. The number of aryl methyl sites for hydroxylation is 1. The number of benzene rings is 3. The third kappa shape index (κ3) is 7.33. The summed E-state index contributed by atoms with van der Waals surface area (Å²) in [6.07, 6.45) is 4.51. The van der Waals surface area contributed by atoms with E-state index in [9.17, 15) is 19.5 Å². The molecule has 2 amide bonds. The number of carbonyl (C=O) groups is 3. The van der Waals surface area contributed by atoms with E-state index in [4.69, 9.17) is 9.47 Å². The van der Waals surface area contributed by atoms with Crippen molar-refractivity contribution in [2.24, 2.45) is 5.92 Å². The van der Waals surface area contributed by atoms with Gasteiger partial charge >= 0.3 is 5.97 Å². The van der Waals surface area contributed by atoms with Crippen LogP contribution in [0, 0.1) is 5.92 Å². The third-order valence-corrected chi connectivity index (χ3v) is 15.9. The molecular weight excluding hydrogens is 779 g/mol. The van der Waals surface area contributed by atoms with Gasteiger partial charge in [0.05, 0.1) is 43.8 Å². The minimum Gasteiger partial charge on any atom is -0.469 e. The number of fused-ring (bicyclic) bond motifs is 2. The summed E-state index contributed by atoms with van der Waals surface area (Å²) in [7, 11) is -1.62. The summed E-state index contributed by atoms with van der Waals surface area (Å²) in [5.41, 5.74) is 2.23. The highest BCUT2D eigenvalue weighted by Crippen LogP contribution is 2.60. The molecule has 1 aromatic heterocycles. The Labute approximate surface area is 352 Å². The number of piperidine rings is 1. The Morgan fingerprint density at radius 3 is 2.38 bits per heavy atom. The number of ether oxygens (including phenoxy) is 2. The topological polar surface area (TPSA) is 163 Å². The molecule has 4 aliphatic heterocycles. The molecule has 0 radical (unpaired) electrons. The lowest BCUT2D eigenvalue weighted by molar-refractivity contribution is -0.146. The summed E-state index contributed by atoms with van der Waals surface area (Å²) in [4.78, 5) is 59.8. The van der Waals surface area contributed by atoms with Crippen LogP contribution in [-0.2, 0) is 36.0 Å². The number of aliphatic hydroxyl groups is 1. The number of nitrogens with zero attached hydrogens (tertiary/aromatic N) is 6. The van der Waals surface area contributed by atoms with E-state index in [-0.39, 0.29) is 42.3 Å². The van der Waals surface area contributed by atoms with Gasteiger partial charge in [0.1, 0.15) is 5.54 Å². The summed E-state index contributed by atoms with van der Waals surface area (Å²) in [5, 5.41) is 22.5. The van der Waals surface area contributed by atoms with Crippen LogP contribution in [0.15, 0.2) is 85.1 Å². The molecule has 4 aliphatic rings. The second-order valence-corrected chi connectivity index (χ2v) is 21.3. The second-order valence-electron chi connectivity index (χ2n) is 17.3. The smallest absolute Gasteiger partial charge is 0.305 e. The zero-order chi connectivity index (χ0) is 42.2. The van der Waals surface area contributed by atoms with Crippen LogP contribution in [0.2, 0.25) is 18.6 Å². The maximum absolute atomic E-state index is 15.2. The number of hydrogen-bond donors (Lipinski definition) is 3. The lowest BCUT2D eigenvalue weighted by Crippen LogP contribution is -2.55. The van der Waals surface area contributed by atoms with Gasteiger partial charge in [-0.05, 0) is 94.2 Å². The van der Waals surface area contributed by atoms with Crippen LogP contribution in [0.25, 0.3) is 0 Å². The molecule has 3 aromatic carbocycles. The van der Waals surface area contributed by atoms with Crippen molar-refractivity contribution in [1.82, 2.24) is 20.3 Å². The fraction of sp³-hybridized carbons (Fsp3) is 0.489. The minimum absolute atomic E-state index is 0.0359. The molecule has 8 rings (SSSR count). The summed E-state index contributed by atoms with van der Waals surface area (Å²) >= 11 is 0. The van der Waals surface area contributed by atoms with Crippen molar-refractivity contribution in [2.45, 2.75) is 93.8 Å². The number of aromatic nitrogens is 3. The number of rotatable bonds is 14. The molecule has 0 saturated carbocycles. The molecule has 3 fully saturated rings. The first-order chi connectivity index (χ1) is 28.9. The van der Waals surface area contributed by atoms with Crippen molar-refractivity contribution in [3.05, 3.63) is 102 Å². The first-order valence-corrected chi connectivity index (χ1v) is 24.3. The molecule has 0 aliphatic carbocycles. The molecule has 2 spiro atoms. The number of anilines is 3. The number of esters is 1. The van der Waals surface area contributed by atoms with Gasteiger partial charge in [-0.15, -0.1) is 5.10 Å². The lowest BCUT2D eigenvalue weighted by Gasteiger charge is -2.39. The Hall–Kier alpha value is -4.93. The predicted octanol–water partition coefficient (Wildman–Crippen LogP) is 4.91. The quantitative estimate of drug-likeness (QED) is 0.0899. The fourth-order valence-corrected chi connectivity index (χ4v) is 13.0. The first-order valence-electron chi connectivity index (χ1n) is 21.3. The van der Waals surface area contributed by atoms with Crippen LogP contribution >= 0.6 is 0 Å². The van der Waals surface area contributed by atoms with Gasteiger partial charge in [-0.1, -0.05) is 60.7 Å². The first kappa shape index (κ1) is 41.8.